The number of amides is 1. The van der Waals surface area contributed by atoms with Crippen LogP contribution in [0, 0.1) is 11.8 Å². The van der Waals surface area contributed by atoms with E-state index in [0.717, 1.165) is 14.9 Å². The first-order valence-electron chi connectivity index (χ1n) is 8.59. The largest absolute Gasteiger partial charge is 0.481 e. The Hall–Kier alpha value is -2.17. The van der Waals surface area contributed by atoms with E-state index < -0.39 is 38.0 Å². The minimum absolute atomic E-state index is 0.0952. The summed E-state index contributed by atoms with van der Waals surface area (Å²) in [5.41, 5.74) is 1.43. The van der Waals surface area contributed by atoms with Crippen molar-refractivity contribution in [1.82, 2.24) is 14.1 Å². The van der Waals surface area contributed by atoms with E-state index in [9.17, 15) is 21.6 Å². The van der Waals surface area contributed by atoms with Crippen molar-refractivity contribution in [2.24, 2.45) is 0 Å². The molecule has 2 N–H and O–H groups in total. The van der Waals surface area contributed by atoms with Gasteiger partial charge in [-0.05, 0) is 38.1 Å². The SMILES string of the molecule is CC#CCOc1ccc(S(=O)(=O)N2CCN(S(C)(=O)=O)C(C)C2C(=O)NO)cc1. The van der Waals surface area contributed by atoms with Gasteiger partial charge in [-0.15, -0.1) is 5.92 Å². The molecule has 1 fully saturated rings. The zero-order valence-corrected chi connectivity index (χ0v) is 17.8. The van der Waals surface area contributed by atoms with Gasteiger partial charge in [0.05, 0.1) is 11.2 Å². The maximum Gasteiger partial charge on any atom is 0.263 e. The number of piperazine rings is 1. The zero-order valence-electron chi connectivity index (χ0n) is 16.2. The monoisotopic (exact) mass is 445 g/mol. The maximum absolute atomic E-state index is 13.1. The van der Waals surface area contributed by atoms with E-state index in [-0.39, 0.29) is 24.6 Å². The second-order valence-corrected chi connectivity index (χ2v) is 10.2. The summed E-state index contributed by atoms with van der Waals surface area (Å²) in [5.74, 6) is 4.79. The normalized spacial score (nSPS) is 21.1. The highest BCUT2D eigenvalue weighted by molar-refractivity contribution is 7.89. The highest BCUT2D eigenvalue weighted by Gasteiger charge is 2.47. The number of sulfonamides is 2. The molecule has 0 bridgehead atoms. The number of hydrogen-bond donors (Lipinski definition) is 2. The number of benzene rings is 1. The van der Waals surface area contributed by atoms with Crippen LogP contribution in [0.2, 0.25) is 0 Å². The van der Waals surface area contributed by atoms with Gasteiger partial charge in [-0.1, -0.05) is 5.92 Å². The van der Waals surface area contributed by atoms with E-state index in [4.69, 9.17) is 9.94 Å². The van der Waals surface area contributed by atoms with E-state index in [1.54, 1.807) is 6.92 Å². The van der Waals surface area contributed by atoms with Crippen molar-refractivity contribution in [3.63, 3.8) is 0 Å². The molecule has 10 nitrogen and oxygen atoms in total. The van der Waals surface area contributed by atoms with Crippen molar-refractivity contribution < 1.29 is 31.6 Å². The highest BCUT2D eigenvalue weighted by Crippen LogP contribution is 2.27. The number of hydrogen-bond acceptors (Lipinski definition) is 7. The van der Waals surface area contributed by atoms with Gasteiger partial charge in [0.15, 0.2) is 0 Å². The Morgan fingerprint density at radius 1 is 1.21 bits per heavy atom. The van der Waals surface area contributed by atoms with Crippen LogP contribution in [0.5, 0.6) is 5.75 Å². The first-order valence-corrected chi connectivity index (χ1v) is 11.9. The lowest BCUT2D eigenvalue weighted by Crippen LogP contribution is -2.65. The quantitative estimate of drug-likeness (QED) is 0.346. The van der Waals surface area contributed by atoms with Gasteiger partial charge in [-0.25, -0.2) is 22.3 Å². The van der Waals surface area contributed by atoms with Gasteiger partial charge in [0.25, 0.3) is 5.91 Å². The van der Waals surface area contributed by atoms with Gasteiger partial charge in [-0.2, -0.15) is 8.61 Å². The minimum atomic E-state index is -4.15. The number of hydroxylamine groups is 1. The Morgan fingerprint density at radius 2 is 1.79 bits per heavy atom. The van der Waals surface area contributed by atoms with E-state index in [2.05, 4.69) is 11.8 Å². The Balaban J connectivity index is 2.36. The zero-order chi connectivity index (χ0) is 21.8. The molecule has 1 amide bonds. The number of carbonyl (C=O) groups is 1. The molecule has 1 aromatic carbocycles. The van der Waals surface area contributed by atoms with E-state index in [1.165, 1.54) is 36.7 Å². The molecule has 0 radical (unpaired) electrons. The second-order valence-electron chi connectivity index (χ2n) is 6.34. The van der Waals surface area contributed by atoms with Gasteiger partial charge in [-0.3, -0.25) is 10.0 Å². The lowest BCUT2D eigenvalue weighted by Gasteiger charge is -2.42. The van der Waals surface area contributed by atoms with Crippen molar-refractivity contribution in [2.45, 2.75) is 30.8 Å². The van der Waals surface area contributed by atoms with Crippen molar-refractivity contribution in [3.8, 4) is 17.6 Å². The Bertz CT molecular complexity index is 1010. The third kappa shape index (κ3) is 5.06. The van der Waals surface area contributed by atoms with Crippen molar-refractivity contribution >= 4 is 26.0 Å². The minimum Gasteiger partial charge on any atom is -0.481 e. The van der Waals surface area contributed by atoms with Gasteiger partial charge < -0.3 is 4.74 Å². The fourth-order valence-electron chi connectivity index (χ4n) is 3.13. The Morgan fingerprint density at radius 3 is 2.31 bits per heavy atom. The number of nitrogens with zero attached hydrogens (tertiary/aromatic N) is 2. The standard InChI is InChI=1S/C17H23N3O7S2/c1-4-5-12-27-14-6-8-15(9-7-14)29(25,26)20-11-10-19(28(3,23)24)13(2)16(20)17(21)18-22/h6-9,13,16,22H,10-12H2,1-3H3,(H,18,21). The van der Waals surface area contributed by atoms with Crippen LogP contribution in [0.4, 0.5) is 0 Å². The fraction of sp³-hybridized carbons (Fsp3) is 0.471. The molecule has 0 spiro atoms. The van der Waals surface area contributed by atoms with Crippen molar-refractivity contribution in [3.05, 3.63) is 24.3 Å². The molecule has 0 aliphatic carbocycles. The second kappa shape index (κ2) is 9.10. The number of carbonyl (C=O) groups excluding carboxylic acids is 1. The van der Waals surface area contributed by atoms with Gasteiger partial charge >= 0.3 is 0 Å². The van der Waals surface area contributed by atoms with Crippen molar-refractivity contribution in [2.75, 3.05) is 26.0 Å². The van der Waals surface area contributed by atoms with Crippen LogP contribution in [0.1, 0.15) is 13.8 Å². The molecule has 2 rings (SSSR count). The van der Waals surface area contributed by atoms with Crippen LogP contribution in [-0.2, 0) is 24.8 Å². The summed E-state index contributed by atoms with van der Waals surface area (Å²) >= 11 is 0. The van der Waals surface area contributed by atoms with E-state index >= 15 is 0 Å². The molecule has 2 unspecified atom stereocenters. The highest BCUT2D eigenvalue weighted by atomic mass is 32.2. The number of ether oxygens (including phenoxy) is 1. The summed E-state index contributed by atoms with van der Waals surface area (Å²) in [5, 5.41) is 9.07. The van der Waals surface area contributed by atoms with E-state index in [1.807, 2.05) is 0 Å². The number of nitrogens with one attached hydrogen (secondary N) is 1. The molecule has 1 aliphatic rings. The molecule has 1 heterocycles. The van der Waals surface area contributed by atoms with Gasteiger partial charge in [0.2, 0.25) is 20.0 Å². The molecule has 29 heavy (non-hydrogen) atoms. The van der Waals surface area contributed by atoms with Crippen LogP contribution >= 0.6 is 0 Å². The van der Waals surface area contributed by atoms with Crippen LogP contribution in [0.25, 0.3) is 0 Å². The maximum atomic E-state index is 13.1. The topological polar surface area (TPSA) is 133 Å². The molecule has 0 aromatic heterocycles. The molecule has 0 saturated carbocycles. The summed E-state index contributed by atoms with van der Waals surface area (Å²) < 4.78 is 57.5. The predicted octanol–water partition coefficient (Wildman–Crippen LogP) is -0.383. The number of rotatable bonds is 6. The summed E-state index contributed by atoms with van der Waals surface area (Å²) in [6.45, 7) is 2.87. The first kappa shape index (κ1) is 23.1. The summed E-state index contributed by atoms with van der Waals surface area (Å²) in [6, 6.07) is 3.11. The molecular formula is C17H23N3O7S2. The molecular weight excluding hydrogens is 422 g/mol. The van der Waals surface area contributed by atoms with Gasteiger partial charge in [0.1, 0.15) is 18.4 Å². The first-order chi connectivity index (χ1) is 13.5. The van der Waals surface area contributed by atoms with Crippen LogP contribution in [0.3, 0.4) is 0 Å². The van der Waals surface area contributed by atoms with Crippen LogP contribution in [0.15, 0.2) is 29.2 Å². The third-order valence-electron chi connectivity index (χ3n) is 4.49. The smallest absolute Gasteiger partial charge is 0.263 e. The van der Waals surface area contributed by atoms with Crippen LogP contribution in [-0.4, -0.2) is 74.6 Å². The lowest BCUT2D eigenvalue weighted by molar-refractivity contribution is -0.135. The average molecular weight is 446 g/mol. The molecule has 1 aromatic rings. The van der Waals surface area contributed by atoms with Crippen molar-refractivity contribution in [1.29, 1.82) is 0 Å². The fourth-order valence-corrected chi connectivity index (χ4v) is 5.90. The molecule has 2 atom stereocenters. The summed E-state index contributed by atoms with van der Waals surface area (Å²) in [4.78, 5) is 12.1. The van der Waals surface area contributed by atoms with E-state index in [0.29, 0.717) is 5.75 Å². The van der Waals surface area contributed by atoms with Gasteiger partial charge in [0, 0.05) is 19.1 Å². The predicted molar refractivity (Wildman–Crippen MR) is 104 cm³/mol. The average Bonchev–Trinajstić information content (AvgIpc) is 2.66. The summed E-state index contributed by atoms with van der Waals surface area (Å²) in [7, 11) is -7.83. The Kier molecular flexibility index (Phi) is 7.25. The Labute approximate surface area is 170 Å². The lowest BCUT2D eigenvalue weighted by atomic mass is 10.1. The molecule has 1 saturated heterocycles. The van der Waals surface area contributed by atoms with Crippen LogP contribution < -0.4 is 10.2 Å². The molecule has 1 aliphatic heterocycles. The third-order valence-corrected chi connectivity index (χ3v) is 7.75. The molecule has 160 valence electrons. The summed E-state index contributed by atoms with van der Waals surface area (Å²) in [6.07, 6.45) is 0.975. The molecule has 12 heteroatoms.